The van der Waals surface area contributed by atoms with Crippen molar-refractivity contribution in [2.75, 3.05) is 152 Å². The van der Waals surface area contributed by atoms with Crippen LogP contribution < -0.4 is 0 Å². The minimum Gasteiger partial charge on any atom is -0.448 e. The Bertz CT molecular complexity index is 1270. The van der Waals surface area contributed by atoms with Crippen molar-refractivity contribution < 1.29 is 56.9 Å². The van der Waals surface area contributed by atoms with Gasteiger partial charge >= 0.3 is 6.09 Å². The van der Waals surface area contributed by atoms with E-state index in [0.717, 1.165) is 13.0 Å². The van der Waals surface area contributed by atoms with Crippen LogP contribution in [0.25, 0.3) is 11.1 Å². The number of carbonyl (C=O) groups excluding carboxylic acids is 1. The third kappa shape index (κ3) is 25.9. The molecule has 0 atom stereocenters. The van der Waals surface area contributed by atoms with Gasteiger partial charge in [-0.2, -0.15) is 0 Å². The first-order valence-corrected chi connectivity index (χ1v) is 23.1. The highest BCUT2D eigenvalue weighted by Crippen LogP contribution is 2.44. The zero-order chi connectivity index (χ0) is 43.1. The third-order valence-electron chi connectivity index (χ3n) is 10.2. The van der Waals surface area contributed by atoms with Crippen LogP contribution in [0.15, 0.2) is 48.5 Å². The second-order valence-electron chi connectivity index (χ2n) is 15.0. The molecule has 1 aliphatic rings. The first kappa shape index (κ1) is 52.7. The molecule has 1 amide bonds. The maximum Gasteiger partial charge on any atom is 0.409 e. The molecular weight excluding hydrogens is 783 g/mol. The van der Waals surface area contributed by atoms with Gasteiger partial charge in [0, 0.05) is 26.1 Å². The highest BCUT2D eigenvalue weighted by molar-refractivity contribution is 5.79. The molecule has 0 spiro atoms. The van der Waals surface area contributed by atoms with E-state index in [1.54, 1.807) is 7.05 Å². The molecule has 0 aromatic heterocycles. The summed E-state index contributed by atoms with van der Waals surface area (Å²) in [7, 11) is 1.72. The van der Waals surface area contributed by atoms with E-state index in [9.17, 15) is 4.79 Å². The minimum absolute atomic E-state index is 0.0398. The number of unbranched alkanes of at least 4 members (excludes halogenated alkanes) is 9. The van der Waals surface area contributed by atoms with Crippen LogP contribution in [0.3, 0.4) is 0 Å². The number of carbonyl (C=O) groups is 1. The van der Waals surface area contributed by atoms with Crippen molar-refractivity contribution in [3.05, 3.63) is 59.7 Å². The quantitative estimate of drug-likeness (QED) is 0.0602. The zero-order valence-corrected chi connectivity index (χ0v) is 37.7. The zero-order valence-electron chi connectivity index (χ0n) is 37.7. The van der Waals surface area contributed by atoms with Crippen molar-refractivity contribution in [2.45, 2.75) is 77.0 Å². The first-order chi connectivity index (χ1) is 30.2. The van der Waals surface area contributed by atoms with Gasteiger partial charge in [-0.15, -0.1) is 0 Å². The summed E-state index contributed by atoms with van der Waals surface area (Å²) in [6.07, 6.45) is 13.0. The Morgan fingerprint density at radius 2 is 0.738 bits per heavy atom. The van der Waals surface area contributed by atoms with Crippen LogP contribution in [0.5, 0.6) is 0 Å². The predicted molar refractivity (Wildman–Crippen MR) is 238 cm³/mol. The lowest BCUT2D eigenvalue weighted by Gasteiger charge is -2.19. The van der Waals surface area contributed by atoms with Crippen molar-refractivity contribution in [3.8, 4) is 11.1 Å². The first-order valence-electron chi connectivity index (χ1n) is 23.1. The van der Waals surface area contributed by atoms with Crippen LogP contribution in [0, 0.1) is 0 Å². The summed E-state index contributed by atoms with van der Waals surface area (Å²) in [6, 6.07) is 16.6. The molecular formula is C48H79NO12. The summed E-state index contributed by atoms with van der Waals surface area (Å²) in [4.78, 5) is 14.2. The molecule has 0 aliphatic heterocycles. The third-order valence-corrected chi connectivity index (χ3v) is 10.2. The molecule has 0 saturated heterocycles. The van der Waals surface area contributed by atoms with Crippen LogP contribution >= 0.6 is 0 Å². The van der Waals surface area contributed by atoms with Gasteiger partial charge in [-0.1, -0.05) is 113 Å². The monoisotopic (exact) mass is 862 g/mol. The number of nitrogens with zero attached hydrogens (tertiary/aromatic N) is 1. The lowest BCUT2D eigenvalue weighted by atomic mass is 9.98. The average Bonchev–Trinajstić information content (AvgIpc) is 3.60. The summed E-state index contributed by atoms with van der Waals surface area (Å²) in [5.41, 5.74) is 4.81. The number of rotatable bonds is 43. The van der Waals surface area contributed by atoms with E-state index in [-0.39, 0.29) is 12.0 Å². The normalized spacial score (nSPS) is 12.2. The van der Waals surface area contributed by atoms with Crippen molar-refractivity contribution in [1.82, 2.24) is 4.90 Å². The highest BCUT2D eigenvalue weighted by Gasteiger charge is 2.29. The average molecular weight is 862 g/mol. The topological polar surface area (TPSA) is 122 Å². The molecule has 0 radical (unpaired) electrons. The van der Waals surface area contributed by atoms with E-state index < -0.39 is 0 Å². The molecule has 13 nitrogen and oxygen atoms in total. The SMILES string of the molecule is CCCCCCCCCCCCOCCOCCOCCOCCOCCOCCOCCOCCOCCOCCN(C)C(=O)OCC1c2ccccc2-c2ccccc21. The Balaban J connectivity index is 0.935. The fourth-order valence-electron chi connectivity index (χ4n) is 6.77. The number of ether oxygens (including phenoxy) is 11. The molecule has 0 unspecified atom stereocenters. The summed E-state index contributed by atoms with van der Waals surface area (Å²) in [6.45, 7) is 13.5. The number of hydrogen-bond acceptors (Lipinski definition) is 12. The van der Waals surface area contributed by atoms with Gasteiger partial charge in [-0.25, -0.2) is 4.79 Å². The number of likely N-dealkylation sites (N-methyl/N-ethyl adjacent to an activating group) is 1. The summed E-state index contributed by atoms with van der Waals surface area (Å²) >= 11 is 0. The van der Waals surface area contributed by atoms with Crippen molar-refractivity contribution in [1.29, 1.82) is 0 Å². The second-order valence-corrected chi connectivity index (χ2v) is 15.0. The number of benzene rings is 2. The molecule has 348 valence electrons. The van der Waals surface area contributed by atoms with Crippen molar-refractivity contribution in [3.63, 3.8) is 0 Å². The number of hydrogen-bond donors (Lipinski definition) is 0. The summed E-state index contributed by atoms with van der Waals surface area (Å²) < 4.78 is 61.3. The molecule has 0 bridgehead atoms. The highest BCUT2D eigenvalue weighted by atomic mass is 16.6. The van der Waals surface area contributed by atoms with Crippen LogP contribution in [-0.2, 0) is 52.1 Å². The smallest absolute Gasteiger partial charge is 0.409 e. The lowest BCUT2D eigenvalue weighted by Crippen LogP contribution is -2.32. The molecule has 0 fully saturated rings. The van der Waals surface area contributed by atoms with Crippen molar-refractivity contribution in [2.24, 2.45) is 0 Å². The van der Waals surface area contributed by atoms with E-state index in [0.29, 0.717) is 139 Å². The van der Waals surface area contributed by atoms with Gasteiger partial charge in [0.05, 0.1) is 126 Å². The van der Waals surface area contributed by atoms with Crippen LogP contribution in [-0.4, -0.2) is 163 Å². The molecule has 3 rings (SSSR count). The van der Waals surface area contributed by atoms with E-state index in [1.807, 2.05) is 24.3 Å². The van der Waals surface area contributed by atoms with E-state index in [4.69, 9.17) is 52.1 Å². The second kappa shape index (κ2) is 37.8. The molecule has 2 aromatic rings. The van der Waals surface area contributed by atoms with Gasteiger partial charge in [0.15, 0.2) is 0 Å². The Labute approximate surface area is 367 Å². The molecule has 1 aliphatic carbocycles. The van der Waals surface area contributed by atoms with Gasteiger partial charge in [0.25, 0.3) is 0 Å². The standard InChI is InChI=1S/C48H79NO12/c1-3-4-5-6-7-8-9-10-11-16-22-51-24-26-53-28-30-55-32-34-57-36-38-59-40-41-60-39-37-58-35-33-56-31-29-54-27-25-52-23-21-49(2)48(50)61-42-47-45-19-14-12-17-43(45)44-18-13-15-20-46(44)47/h12-15,17-20,47H,3-11,16,21-42H2,1-2H3. The van der Waals surface area contributed by atoms with Gasteiger partial charge in [0.2, 0.25) is 0 Å². The maximum absolute atomic E-state index is 12.6. The Morgan fingerprint density at radius 3 is 1.11 bits per heavy atom. The largest absolute Gasteiger partial charge is 0.448 e. The van der Waals surface area contributed by atoms with E-state index in [1.165, 1.54) is 84.9 Å². The van der Waals surface area contributed by atoms with Gasteiger partial charge in [-0.3, -0.25) is 0 Å². The molecule has 0 heterocycles. The molecule has 61 heavy (non-hydrogen) atoms. The molecule has 13 heteroatoms. The van der Waals surface area contributed by atoms with Crippen molar-refractivity contribution >= 4 is 6.09 Å². The fraction of sp³-hybridized carbons (Fsp3) is 0.729. The van der Waals surface area contributed by atoms with Gasteiger partial charge in [-0.05, 0) is 28.7 Å². The Morgan fingerprint density at radius 1 is 0.426 bits per heavy atom. The molecule has 2 aromatic carbocycles. The number of amides is 1. The van der Waals surface area contributed by atoms with E-state index >= 15 is 0 Å². The van der Waals surface area contributed by atoms with Crippen LogP contribution in [0.1, 0.15) is 88.2 Å². The van der Waals surface area contributed by atoms with Gasteiger partial charge < -0.3 is 57.0 Å². The Kier molecular flexibility index (Phi) is 32.7. The lowest BCUT2D eigenvalue weighted by molar-refractivity contribution is -0.0266. The minimum atomic E-state index is -0.361. The predicted octanol–water partition coefficient (Wildman–Crippen LogP) is 7.95. The molecule has 0 N–H and O–H groups in total. The fourth-order valence-corrected chi connectivity index (χ4v) is 6.77. The van der Waals surface area contributed by atoms with Gasteiger partial charge in [0.1, 0.15) is 6.61 Å². The van der Waals surface area contributed by atoms with Crippen LogP contribution in [0.2, 0.25) is 0 Å². The van der Waals surface area contributed by atoms with Crippen LogP contribution in [0.4, 0.5) is 4.79 Å². The number of fused-ring (bicyclic) bond motifs is 3. The molecule has 0 saturated carbocycles. The van der Waals surface area contributed by atoms with E-state index in [2.05, 4.69) is 31.2 Å². The summed E-state index contributed by atoms with van der Waals surface area (Å²) in [5.74, 6) is 0.0398. The maximum atomic E-state index is 12.6. The summed E-state index contributed by atoms with van der Waals surface area (Å²) in [5, 5.41) is 0. The Hall–Kier alpha value is -2.69.